The molecule has 4 rings (SSSR count). The third-order valence-corrected chi connectivity index (χ3v) is 4.47. The van der Waals surface area contributed by atoms with Crippen LogP contribution in [0.3, 0.4) is 0 Å². The number of hydrogen-bond acceptors (Lipinski definition) is 3. The van der Waals surface area contributed by atoms with Crippen molar-refractivity contribution in [2.24, 2.45) is 0 Å². The average Bonchev–Trinajstić information content (AvgIpc) is 2.68. The zero-order valence-electron chi connectivity index (χ0n) is 13.7. The molecule has 0 saturated heterocycles. The molecule has 0 N–H and O–H groups in total. The van der Waals surface area contributed by atoms with Gasteiger partial charge in [-0.2, -0.15) is 0 Å². The molecule has 0 radical (unpaired) electrons. The van der Waals surface area contributed by atoms with Gasteiger partial charge in [-0.15, -0.1) is 0 Å². The lowest BCUT2D eigenvalue weighted by Gasteiger charge is -2.36. The van der Waals surface area contributed by atoms with Crippen LogP contribution in [0.1, 0.15) is 22.7 Å². The van der Waals surface area contributed by atoms with Crippen LogP contribution >= 0.6 is 0 Å². The van der Waals surface area contributed by atoms with Gasteiger partial charge in [0.05, 0.1) is 6.04 Å². The quantitative estimate of drug-likeness (QED) is 0.706. The molecule has 0 spiro atoms. The summed E-state index contributed by atoms with van der Waals surface area (Å²) in [4.78, 5) is 18.9. The molecule has 1 amide bonds. The van der Waals surface area contributed by atoms with Crippen LogP contribution in [0.5, 0.6) is 5.75 Å². The van der Waals surface area contributed by atoms with Crippen molar-refractivity contribution in [1.82, 2.24) is 9.88 Å². The molecule has 2 aromatic carbocycles. The van der Waals surface area contributed by atoms with E-state index in [0.29, 0.717) is 12.3 Å². The Kier molecular flexibility index (Phi) is 4.17. The lowest BCUT2D eigenvalue weighted by atomic mass is 9.89. The van der Waals surface area contributed by atoms with E-state index in [9.17, 15) is 4.79 Å². The molecule has 2 heterocycles. The van der Waals surface area contributed by atoms with Crippen molar-refractivity contribution in [2.45, 2.75) is 12.5 Å². The molecule has 1 aliphatic heterocycles. The fourth-order valence-corrected chi connectivity index (χ4v) is 3.31. The normalized spacial score (nSPS) is 16.2. The third kappa shape index (κ3) is 3.11. The third-order valence-electron chi connectivity index (χ3n) is 4.47. The fourth-order valence-electron chi connectivity index (χ4n) is 3.31. The maximum absolute atomic E-state index is 12.8. The number of benzene rings is 2. The van der Waals surface area contributed by atoms with Crippen molar-refractivity contribution >= 4 is 6.09 Å². The van der Waals surface area contributed by atoms with Gasteiger partial charge in [0.15, 0.2) is 0 Å². The Bertz CT molecular complexity index is 865. The molecule has 3 aromatic rings. The van der Waals surface area contributed by atoms with Crippen LogP contribution in [-0.4, -0.2) is 22.5 Å². The van der Waals surface area contributed by atoms with Gasteiger partial charge in [0.1, 0.15) is 5.75 Å². The second kappa shape index (κ2) is 6.77. The van der Waals surface area contributed by atoms with Crippen molar-refractivity contribution in [3.63, 3.8) is 0 Å². The lowest BCUT2D eigenvalue weighted by molar-refractivity contribution is 0.136. The molecule has 0 aliphatic carbocycles. The summed E-state index contributed by atoms with van der Waals surface area (Å²) in [5, 5.41) is 0. The van der Waals surface area contributed by atoms with Crippen LogP contribution in [0.25, 0.3) is 0 Å². The van der Waals surface area contributed by atoms with Gasteiger partial charge in [-0.3, -0.25) is 9.88 Å². The fraction of sp³-hybridized carbons (Fsp3) is 0.143. The molecule has 0 saturated carbocycles. The van der Waals surface area contributed by atoms with Crippen molar-refractivity contribution < 1.29 is 9.53 Å². The van der Waals surface area contributed by atoms with E-state index in [1.807, 2.05) is 48.7 Å². The number of fused-ring (bicyclic) bond motifs is 1. The van der Waals surface area contributed by atoms with Gasteiger partial charge < -0.3 is 4.74 Å². The average molecular weight is 330 g/mol. The molecule has 4 heteroatoms. The number of rotatable bonds is 2. The summed E-state index contributed by atoms with van der Waals surface area (Å²) >= 11 is 0. The van der Waals surface area contributed by atoms with Gasteiger partial charge in [-0.1, -0.05) is 48.5 Å². The van der Waals surface area contributed by atoms with E-state index in [4.69, 9.17) is 4.74 Å². The van der Waals surface area contributed by atoms with Crippen molar-refractivity contribution in [3.05, 3.63) is 95.8 Å². The number of aromatic nitrogens is 1. The van der Waals surface area contributed by atoms with Gasteiger partial charge in [-0.25, -0.2) is 4.79 Å². The molecule has 0 bridgehead atoms. The van der Waals surface area contributed by atoms with Crippen molar-refractivity contribution in [3.8, 4) is 5.75 Å². The molecule has 0 fully saturated rings. The minimum atomic E-state index is -0.338. The van der Waals surface area contributed by atoms with E-state index in [2.05, 4.69) is 17.1 Å². The van der Waals surface area contributed by atoms with E-state index in [-0.39, 0.29) is 12.1 Å². The highest BCUT2D eigenvalue weighted by molar-refractivity contribution is 5.72. The summed E-state index contributed by atoms with van der Waals surface area (Å²) in [7, 11) is 0. The van der Waals surface area contributed by atoms with Gasteiger partial charge in [0, 0.05) is 18.9 Å². The highest BCUT2D eigenvalue weighted by Gasteiger charge is 2.33. The molecule has 25 heavy (non-hydrogen) atoms. The number of nitrogens with zero attached hydrogens (tertiary/aromatic N) is 2. The monoisotopic (exact) mass is 330 g/mol. The molecular formula is C21H18N2O2. The maximum Gasteiger partial charge on any atom is 0.416 e. The van der Waals surface area contributed by atoms with Gasteiger partial charge in [0.2, 0.25) is 0 Å². The molecule has 1 aromatic heterocycles. The Morgan fingerprint density at radius 3 is 2.60 bits per heavy atom. The zero-order chi connectivity index (χ0) is 17.1. The Morgan fingerprint density at radius 2 is 1.80 bits per heavy atom. The number of hydrogen-bond donors (Lipinski definition) is 0. The highest BCUT2D eigenvalue weighted by atomic mass is 16.6. The summed E-state index contributed by atoms with van der Waals surface area (Å²) in [5.74, 6) is 0.552. The first kappa shape index (κ1) is 15.4. The first-order valence-electron chi connectivity index (χ1n) is 8.34. The Hall–Kier alpha value is -3.14. The zero-order valence-corrected chi connectivity index (χ0v) is 13.7. The van der Waals surface area contributed by atoms with Crippen LogP contribution in [0.15, 0.2) is 79.1 Å². The molecule has 124 valence electrons. The number of amides is 1. The van der Waals surface area contributed by atoms with Crippen molar-refractivity contribution in [1.29, 1.82) is 0 Å². The largest absolute Gasteiger partial charge is 0.416 e. The van der Waals surface area contributed by atoms with E-state index < -0.39 is 0 Å². The molecule has 4 nitrogen and oxygen atoms in total. The molecule has 1 unspecified atom stereocenters. The molecular weight excluding hydrogens is 312 g/mol. The van der Waals surface area contributed by atoms with Crippen molar-refractivity contribution in [2.75, 3.05) is 6.54 Å². The lowest BCUT2D eigenvalue weighted by Crippen LogP contribution is -2.42. The van der Waals surface area contributed by atoms with Crippen LogP contribution in [-0.2, 0) is 6.42 Å². The van der Waals surface area contributed by atoms with Crippen LogP contribution < -0.4 is 4.74 Å². The highest BCUT2D eigenvalue weighted by Crippen LogP contribution is 2.35. The smallest absolute Gasteiger partial charge is 0.410 e. The van der Waals surface area contributed by atoms with Crippen LogP contribution in [0, 0.1) is 0 Å². The first-order chi connectivity index (χ1) is 12.3. The van der Waals surface area contributed by atoms with Crippen LogP contribution in [0.4, 0.5) is 4.79 Å². The summed E-state index contributed by atoms with van der Waals surface area (Å²) in [6.45, 7) is 0.613. The Morgan fingerprint density at radius 1 is 1.00 bits per heavy atom. The summed E-state index contributed by atoms with van der Waals surface area (Å²) in [6, 6.07) is 21.1. The second-order valence-electron chi connectivity index (χ2n) is 6.01. The number of para-hydroxylation sites is 1. The Balaban J connectivity index is 1.70. The van der Waals surface area contributed by atoms with Gasteiger partial charge >= 0.3 is 6.09 Å². The Labute approximate surface area is 146 Å². The summed E-state index contributed by atoms with van der Waals surface area (Å²) in [6.07, 6.45) is 4.03. The minimum absolute atomic E-state index is 0.185. The van der Waals surface area contributed by atoms with Gasteiger partial charge in [-0.05, 0) is 41.3 Å². The SMILES string of the molecule is O=C(Oc1ccccc1)N1CCc2ccccc2C1c1cccnc1. The standard InChI is InChI=1S/C21H18N2O2/c24-21(25-18-9-2-1-3-10-18)23-14-12-16-7-4-5-11-19(16)20(23)17-8-6-13-22-15-17/h1-11,13,15,20H,12,14H2. The maximum atomic E-state index is 12.8. The van der Waals surface area contributed by atoms with Crippen LogP contribution in [0.2, 0.25) is 0 Å². The molecule has 1 aliphatic rings. The minimum Gasteiger partial charge on any atom is -0.410 e. The topological polar surface area (TPSA) is 42.4 Å². The first-order valence-corrected chi connectivity index (χ1v) is 8.34. The summed E-state index contributed by atoms with van der Waals surface area (Å²) in [5.41, 5.74) is 3.38. The second-order valence-corrected chi connectivity index (χ2v) is 6.01. The van der Waals surface area contributed by atoms with E-state index in [1.54, 1.807) is 23.2 Å². The number of carbonyl (C=O) groups excluding carboxylic acids is 1. The number of carbonyl (C=O) groups is 1. The molecule has 1 atom stereocenters. The van der Waals surface area contributed by atoms with Gasteiger partial charge in [0.25, 0.3) is 0 Å². The predicted molar refractivity (Wildman–Crippen MR) is 95.4 cm³/mol. The van der Waals surface area contributed by atoms with E-state index in [0.717, 1.165) is 17.5 Å². The summed E-state index contributed by atoms with van der Waals surface area (Å²) < 4.78 is 5.59. The number of pyridine rings is 1. The number of ether oxygens (including phenoxy) is 1. The van der Waals surface area contributed by atoms with E-state index >= 15 is 0 Å². The predicted octanol–water partition coefficient (Wildman–Crippen LogP) is 4.23. The van der Waals surface area contributed by atoms with E-state index in [1.165, 1.54) is 5.56 Å².